The SMILES string of the molecule is O=C(Nc1cccc(I)c1)c1cc(-c2ccco2)on1. The van der Waals surface area contributed by atoms with Gasteiger partial charge in [-0.1, -0.05) is 11.2 Å². The number of halogens is 1. The number of anilines is 1. The molecule has 2 heterocycles. The van der Waals surface area contributed by atoms with Crippen LogP contribution in [0, 0.1) is 3.57 Å². The Morgan fingerprint density at radius 1 is 1.15 bits per heavy atom. The van der Waals surface area contributed by atoms with Crippen LogP contribution >= 0.6 is 22.6 Å². The normalized spacial score (nSPS) is 10.4. The highest BCUT2D eigenvalue weighted by Crippen LogP contribution is 2.21. The number of hydrogen-bond acceptors (Lipinski definition) is 4. The maximum absolute atomic E-state index is 12.0. The molecule has 0 spiro atoms. The minimum atomic E-state index is -0.325. The highest BCUT2D eigenvalue weighted by molar-refractivity contribution is 14.1. The van der Waals surface area contributed by atoms with E-state index in [9.17, 15) is 4.79 Å². The molecule has 0 radical (unpaired) electrons. The van der Waals surface area contributed by atoms with E-state index in [1.165, 1.54) is 6.26 Å². The highest BCUT2D eigenvalue weighted by atomic mass is 127. The number of amides is 1. The van der Waals surface area contributed by atoms with Crippen molar-refractivity contribution in [1.82, 2.24) is 5.16 Å². The van der Waals surface area contributed by atoms with Gasteiger partial charge in [-0.05, 0) is 52.9 Å². The van der Waals surface area contributed by atoms with Gasteiger partial charge in [-0.3, -0.25) is 4.79 Å². The van der Waals surface area contributed by atoms with Gasteiger partial charge in [0.05, 0.1) is 6.26 Å². The number of nitrogens with zero attached hydrogens (tertiary/aromatic N) is 1. The summed E-state index contributed by atoms with van der Waals surface area (Å²) in [5, 5.41) is 6.50. The van der Waals surface area contributed by atoms with Gasteiger partial charge in [-0.2, -0.15) is 0 Å². The Bertz CT molecular complexity index is 734. The van der Waals surface area contributed by atoms with Crippen LogP contribution in [0.25, 0.3) is 11.5 Å². The highest BCUT2D eigenvalue weighted by Gasteiger charge is 2.15. The zero-order chi connectivity index (χ0) is 13.9. The van der Waals surface area contributed by atoms with Gasteiger partial charge in [0, 0.05) is 15.3 Å². The smallest absolute Gasteiger partial charge is 0.277 e. The van der Waals surface area contributed by atoms with Crippen LogP contribution in [0.3, 0.4) is 0 Å². The molecule has 100 valence electrons. The first-order valence-electron chi connectivity index (χ1n) is 5.80. The average molecular weight is 380 g/mol. The lowest BCUT2D eigenvalue weighted by atomic mass is 10.3. The Morgan fingerprint density at radius 2 is 2.05 bits per heavy atom. The lowest BCUT2D eigenvalue weighted by Crippen LogP contribution is -2.12. The summed E-state index contributed by atoms with van der Waals surface area (Å²) in [4.78, 5) is 12.0. The molecule has 1 N–H and O–H groups in total. The fraction of sp³-hybridized carbons (Fsp3) is 0. The Morgan fingerprint density at radius 3 is 2.80 bits per heavy atom. The van der Waals surface area contributed by atoms with Crippen molar-refractivity contribution in [3.8, 4) is 11.5 Å². The predicted octanol–water partition coefficient (Wildman–Crippen LogP) is 3.79. The summed E-state index contributed by atoms with van der Waals surface area (Å²) >= 11 is 2.18. The Labute approximate surface area is 128 Å². The molecule has 6 heteroatoms. The molecule has 0 unspecified atom stereocenters. The summed E-state index contributed by atoms with van der Waals surface area (Å²) in [5.74, 6) is 0.627. The Hall–Kier alpha value is -2.09. The molecule has 3 rings (SSSR count). The van der Waals surface area contributed by atoms with Crippen LogP contribution in [-0.4, -0.2) is 11.1 Å². The Balaban J connectivity index is 1.78. The minimum Gasteiger partial charge on any atom is -0.461 e. The summed E-state index contributed by atoms with van der Waals surface area (Å²) < 4.78 is 11.3. The van der Waals surface area contributed by atoms with Crippen molar-refractivity contribution in [1.29, 1.82) is 0 Å². The number of benzene rings is 1. The molecule has 1 aromatic carbocycles. The van der Waals surface area contributed by atoms with Gasteiger partial charge in [0.1, 0.15) is 0 Å². The summed E-state index contributed by atoms with van der Waals surface area (Å²) in [6, 6.07) is 12.5. The van der Waals surface area contributed by atoms with Crippen molar-refractivity contribution in [2.24, 2.45) is 0 Å². The number of furan rings is 1. The second kappa shape index (κ2) is 5.49. The van der Waals surface area contributed by atoms with Crippen molar-refractivity contribution in [2.45, 2.75) is 0 Å². The third-order valence-corrected chi connectivity index (χ3v) is 3.26. The van der Waals surface area contributed by atoms with Crippen molar-refractivity contribution < 1.29 is 13.7 Å². The van der Waals surface area contributed by atoms with E-state index in [1.807, 2.05) is 24.3 Å². The monoisotopic (exact) mass is 380 g/mol. The van der Waals surface area contributed by atoms with Crippen LogP contribution < -0.4 is 5.32 Å². The summed E-state index contributed by atoms with van der Waals surface area (Å²) in [6.07, 6.45) is 1.53. The van der Waals surface area contributed by atoms with Crippen molar-refractivity contribution >= 4 is 34.2 Å². The van der Waals surface area contributed by atoms with E-state index in [4.69, 9.17) is 8.94 Å². The van der Waals surface area contributed by atoms with E-state index in [-0.39, 0.29) is 11.6 Å². The fourth-order valence-corrected chi connectivity index (χ4v) is 2.22. The van der Waals surface area contributed by atoms with E-state index in [0.29, 0.717) is 17.2 Å². The molecule has 0 fully saturated rings. The summed E-state index contributed by atoms with van der Waals surface area (Å²) in [6.45, 7) is 0. The van der Waals surface area contributed by atoms with Gasteiger partial charge in [-0.25, -0.2) is 0 Å². The molecule has 1 amide bonds. The molecular formula is C14H9IN2O3. The number of rotatable bonds is 3. The summed E-state index contributed by atoms with van der Waals surface area (Å²) in [5.41, 5.74) is 0.916. The van der Waals surface area contributed by atoms with Crippen LogP contribution in [-0.2, 0) is 0 Å². The van der Waals surface area contributed by atoms with E-state index < -0.39 is 0 Å². The number of nitrogens with one attached hydrogen (secondary N) is 1. The lowest BCUT2D eigenvalue weighted by Gasteiger charge is -2.02. The standard InChI is InChI=1S/C14H9IN2O3/c15-9-3-1-4-10(7-9)16-14(18)11-8-13(20-17-11)12-5-2-6-19-12/h1-8H,(H,16,18). The van der Waals surface area contributed by atoms with E-state index >= 15 is 0 Å². The zero-order valence-electron chi connectivity index (χ0n) is 10.2. The van der Waals surface area contributed by atoms with Gasteiger partial charge in [-0.15, -0.1) is 0 Å². The molecule has 0 saturated heterocycles. The minimum absolute atomic E-state index is 0.204. The first kappa shape index (κ1) is 12.9. The molecule has 0 bridgehead atoms. The van der Waals surface area contributed by atoms with Crippen LogP contribution in [0.4, 0.5) is 5.69 Å². The third-order valence-electron chi connectivity index (χ3n) is 2.59. The molecule has 2 aromatic heterocycles. The van der Waals surface area contributed by atoms with E-state index in [0.717, 1.165) is 3.57 Å². The van der Waals surface area contributed by atoms with Gasteiger partial charge in [0.2, 0.25) is 5.76 Å². The molecule has 3 aromatic rings. The predicted molar refractivity (Wildman–Crippen MR) is 81.3 cm³/mol. The van der Waals surface area contributed by atoms with Crippen LogP contribution in [0.5, 0.6) is 0 Å². The van der Waals surface area contributed by atoms with Crippen LogP contribution in [0.15, 0.2) is 57.7 Å². The Kier molecular flexibility index (Phi) is 3.55. The number of carbonyl (C=O) groups excluding carboxylic acids is 1. The van der Waals surface area contributed by atoms with Crippen LogP contribution in [0.1, 0.15) is 10.5 Å². The van der Waals surface area contributed by atoms with Gasteiger partial charge in [0.15, 0.2) is 11.5 Å². The quantitative estimate of drug-likeness (QED) is 0.702. The average Bonchev–Trinajstić information content (AvgIpc) is 3.10. The van der Waals surface area contributed by atoms with Gasteiger partial charge >= 0.3 is 0 Å². The molecule has 0 aliphatic rings. The zero-order valence-corrected chi connectivity index (χ0v) is 12.3. The number of hydrogen-bond donors (Lipinski definition) is 1. The second-order valence-electron chi connectivity index (χ2n) is 4.02. The number of aromatic nitrogens is 1. The molecular weight excluding hydrogens is 371 g/mol. The molecule has 5 nitrogen and oxygen atoms in total. The first-order valence-corrected chi connectivity index (χ1v) is 6.88. The summed E-state index contributed by atoms with van der Waals surface area (Å²) in [7, 11) is 0. The maximum atomic E-state index is 12.0. The molecule has 0 saturated carbocycles. The first-order chi connectivity index (χ1) is 9.72. The molecule has 0 aliphatic carbocycles. The van der Waals surface area contributed by atoms with Gasteiger partial charge in [0.25, 0.3) is 5.91 Å². The van der Waals surface area contributed by atoms with Crippen LogP contribution in [0.2, 0.25) is 0 Å². The topological polar surface area (TPSA) is 68.3 Å². The largest absolute Gasteiger partial charge is 0.461 e. The van der Waals surface area contributed by atoms with E-state index in [1.54, 1.807) is 18.2 Å². The lowest BCUT2D eigenvalue weighted by molar-refractivity contribution is 0.101. The molecule has 0 atom stereocenters. The molecule has 20 heavy (non-hydrogen) atoms. The van der Waals surface area contributed by atoms with E-state index in [2.05, 4.69) is 33.1 Å². The number of carbonyl (C=O) groups is 1. The third kappa shape index (κ3) is 2.74. The molecule has 0 aliphatic heterocycles. The van der Waals surface area contributed by atoms with Crippen molar-refractivity contribution in [3.63, 3.8) is 0 Å². The van der Waals surface area contributed by atoms with Crippen molar-refractivity contribution in [2.75, 3.05) is 5.32 Å². The maximum Gasteiger partial charge on any atom is 0.277 e. The fourth-order valence-electron chi connectivity index (χ4n) is 1.68. The van der Waals surface area contributed by atoms with Gasteiger partial charge < -0.3 is 14.3 Å². The second-order valence-corrected chi connectivity index (χ2v) is 5.26. The van der Waals surface area contributed by atoms with Crippen molar-refractivity contribution in [3.05, 3.63) is 58.0 Å².